The number of carboxylic acid groups (broad SMARTS) is 4. The first kappa shape index (κ1) is 78.1. The quantitative estimate of drug-likeness (QED) is 0.0376. The summed E-state index contributed by atoms with van der Waals surface area (Å²) in [5.41, 5.74) is 1.94. The zero-order valence-corrected chi connectivity index (χ0v) is 60.3. The molecule has 0 aliphatic heterocycles. The normalized spacial score (nSPS) is 12.9. The number of aryl methyl sites for hydroxylation is 4. The van der Waals surface area contributed by atoms with Crippen molar-refractivity contribution in [2.24, 2.45) is 5.41 Å². The summed E-state index contributed by atoms with van der Waals surface area (Å²) in [4.78, 5) is 108. The molecule has 0 aromatic heterocycles. The van der Waals surface area contributed by atoms with Crippen molar-refractivity contribution in [2.75, 3.05) is 26.4 Å². The number of hydrogen-bond acceptors (Lipinski definition) is 12. The number of aromatic carboxylic acids is 4. The van der Waals surface area contributed by atoms with Gasteiger partial charge in [0, 0.05) is 25.7 Å². The van der Waals surface area contributed by atoms with Crippen LogP contribution in [0.25, 0.3) is 0 Å². The molecule has 4 aromatic carbocycles. The number of carboxylic acids is 4. The van der Waals surface area contributed by atoms with Gasteiger partial charge in [0.25, 0.3) is 0 Å². The topological polar surface area (TPSA) is 254 Å². The van der Waals surface area contributed by atoms with E-state index in [9.17, 15) is 58.8 Å². The van der Waals surface area contributed by atoms with E-state index in [4.69, 9.17) is 18.9 Å². The largest absolute Gasteiger partial charge is 0.478 e. The summed E-state index contributed by atoms with van der Waals surface area (Å²) in [6, 6.07) is 14.4. The summed E-state index contributed by atoms with van der Waals surface area (Å²) in [7, 11) is 0. The fraction of sp³-hybridized carbons (Fsp3) is 0.584. The molecule has 16 heteroatoms. The van der Waals surface area contributed by atoms with Crippen LogP contribution in [-0.4, -0.2) is 94.6 Å². The minimum absolute atomic E-state index is 0.140. The third-order valence-electron chi connectivity index (χ3n) is 16.7. The van der Waals surface area contributed by atoms with E-state index in [-0.39, 0.29) is 73.6 Å². The Bertz CT molecular complexity index is 2860. The van der Waals surface area contributed by atoms with Crippen LogP contribution in [0.3, 0.4) is 0 Å². The lowest BCUT2D eigenvalue weighted by molar-refractivity contribution is -0.170. The van der Waals surface area contributed by atoms with E-state index in [0.29, 0.717) is 66.8 Å². The molecule has 0 bridgehead atoms. The smallest absolute Gasteiger partial charge is 0.336 e. The molecular weight excluding hydrogens is 1180 g/mol. The first-order valence-electron chi connectivity index (χ1n) is 32.4. The molecule has 93 heavy (non-hydrogen) atoms. The Kier molecular flexibility index (Phi) is 24.4. The molecule has 0 aliphatic rings. The second-order valence-electron chi connectivity index (χ2n) is 33.6. The van der Waals surface area contributed by atoms with Gasteiger partial charge in [-0.15, -0.1) is 0 Å². The second-order valence-corrected chi connectivity index (χ2v) is 33.6. The van der Waals surface area contributed by atoms with E-state index in [1.807, 2.05) is 166 Å². The molecule has 0 spiro atoms. The van der Waals surface area contributed by atoms with Crippen molar-refractivity contribution < 1.29 is 77.7 Å². The van der Waals surface area contributed by atoms with Crippen LogP contribution in [0, 0.1) is 5.41 Å². The van der Waals surface area contributed by atoms with Gasteiger partial charge in [-0.1, -0.05) is 215 Å². The van der Waals surface area contributed by atoms with Crippen LogP contribution < -0.4 is 0 Å². The average Bonchev–Trinajstić information content (AvgIpc) is 0.805. The predicted octanol–water partition coefficient (Wildman–Crippen LogP) is 15.8. The molecule has 0 fully saturated rings. The van der Waals surface area contributed by atoms with Gasteiger partial charge < -0.3 is 39.4 Å². The first-order valence-corrected chi connectivity index (χ1v) is 32.4. The van der Waals surface area contributed by atoms with Crippen LogP contribution in [-0.2, 0) is 107 Å². The minimum Gasteiger partial charge on any atom is -0.478 e. The molecule has 0 unspecified atom stereocenters. The van der Waals surface area contributed by atoms with Gasteiger partial charge in [-0.3, -0.25) is 19.2 Å². The summed E-state index contributed by atoms with van der Waals surface area (Å²) < 4.78 is 24.3. The Hall–Kier alpha value is -7.36. The predicted molar refractivity (Wildman–Crippen MR) is 363 cm³/mol. The number of benzene rings is 4. The highest BCUT2D eigenvalue weighted by Gasteiger charge is 2.40. The molecule has 0 amide bonds. The summed E-state index contributed by atoms with van der Waals surface area (Å²) in [5, 5.41) is 41.9. The monoisotopic (exact) mass is 1290 g/mol. The molecule has 512 valence electrons. The highest BCUT2D eigenvalue weighted by Crippen LogP contribution is 2.41. The minimum atomic E-state index is -1.73. The van der Waals surface area contributed by atoms with Gasteiger partial charge in [0.2, 0.25) is 0 Å². The molecule has 16 nitrogen and oxygen atoms in total. The van der Waals surface area contributed by atoms with E-state index in [1.54, 1.807) is 48.5 Å². The van der Waals surface area contributed by atoms with E-state index in [1.165, 1.54) is 0 Å². The van der Waals surface area contributed by atoms with Crippen LogP contribution in [0.1, 0.15) is 300 Å². The van der Waals surface area contributed by atoms with Crippen molar-refractivity contribution >= 4 is 47.8 Å². The molecule has 0 heterocycles. The Morgan fingerprint density at radius 1 is 0.258 bits per heavy atom. The van der Waals surface area contributed by atoms with Gasteiger partial charge in [0.05, 0.1) is 22.3 Å². The molecule has 4 N–H and O–H groups in total. The molecule has 0 radical (unpaired) electrons. The summed E-state index contributed by atoms with van der Waals surface area (Å²) in [5.74, 6) is -7.10. The van der Waals surface area contributed by atoms with Gasteiger partial charge >= 0.3 is 47.8 Å². The van der Waals surface area contributed by atoms with E-state index < -0.39 is 123 Å². The van der Waals surface area contributed by atoms with E-state index in [0.717, 1.165) is 0 Å². The zero-order valence-electron chi connectivity index (χ0n) is 60.3. The van der Waals surface area contributed by atoms with Crippen LogP contribution in [0.15, 0.2) is 48.5 Å². The highest BCUT2D eigenvalue weighted by atomic mass is 16.6. The molecule has 0 atom stereocenters. The maximum atomic E-state index is 14.2. The molecule has 0 saturated heterocycles. The lowest BCUT2D eigenvalue weighted by Gasteiger charge is -2.32. The fourth-order valence-electron chi connectivity index (χ4n) is 11.5. The van der Waals surface area contributed by atoms with Gasteiger partial charge in [-0.25, -0.2) is 19.2 Å². The van der Waals surface area contributed by atoms with Crippen molar-refractivity contribution in [3.05, 3.63) is 138 Å². The van der Waals surface area contributed by atoms with Crippen molar-refractivity contribution in [1.82, 2.24) is 0 Å². The number of esters is 4. The zero-order chi connectivity index (χ0) is 71.3. The molecule has 4 aromatic rings. The van der Waals surface area contributed by atoms with E-state index >= 15 is 0 Å². The number of carbonyl (C=O) groups is 8. The second kappa shape index (κ2) is 29.1. The molecule has 4 rings (SSSR count). The van der Waals surface area contributed by atoms with Crippen LogP contribution in [0.2, 0.25) is 0 Å². The summed E-state index contributed by atoms with van der Waals surface area (Å²) in [6.45, 7) is 43.8. The standard InChI is InChI=1S/C77H108O16/c1-69(2,3)49-33-45(34-50(70(4,5)6)61(49)65(82)83)25-29-57(78)90-41-77(42-91-58(79)30-26-46-35-51(71(7,8)9)62(66(84)85)52(36-46)72(10,11)12,43-92-59(80)31-27-47-37-53(73(13,14)15)63(67(86)87)54(38-47)74(16,17)18)44-93-60(81)32-28-48-39-55(75(19,20)21)64(68(88)89)56(40-48)76(22,23)24/h33-40H,25-32,41-44H2,1-24H3,(H,82,83)(H,84,85)(H,86,87)(H,88,89). The van der Waals surface area contributed by atoms with Crippen molar-refractivity contribution in [2.45, 2.75) is 261 Å². The van der Waals surface area contributed by atoms with Crippen molar-refractivity contribution in [1.29, 1.82) is 0 Å². The Morgan fingerprint density at radius 3 is 0.495 bits per heavy atom. The highest BCUT2D eigenvalue weighted by molar-refractivity contribution is 5.94. The van der Waals surface area contributed by atoms with E-state index in [2.05, 4.69) is 0 Å². The Balaban J connectivity index is 1.85. The van der Waals surface area contributed by atoms with Gasteiger partial charge in [0.15, 0.2) is 0 Å². The van der Waals surface area contributed by atoms with Crippen LogP contribution in [0.5, 0.6) is 0 Å². The maximum absolute atomic E-state index is 14.2. The number of hydrogen-bond donors (Lipinski definition) is 4. The van der Waals surface area contributed by atoms with Gasteiger partial charge in [-0.2, -0.15) is 0 Å². The SMILES string of the molecule is CC(C)(C)c1cc(CCC(=O)OCC(COC(=O)CCc2cc(C(C)(C)C)c(C(=O)O)c(C(C)(C)C)c2)(COC(=O)CCc2cc(C(C)(C)C)c(C(=O)O)c(C(C)(C)C)c2)COC(=O)CCc2cc(C(C)(C)C)c(C(=O)O)c(C(C)(C)C)c2)cc(C(C)(C)C)c1C(=O)O. The summed E-state index contributed by atoms with van der Waals surface area (Å²) in [6.07, 6.45) is -0.202. The number of ether oxygens (including phenoxy) is 4. The first-order chi connectivity index (χ1) is 42.1. The molecular formula is C77H108O16. The lowest BCUT2D eigenvalue weighted by atomic mass is 9.75. The third kappa shape index (κ3) is 21.3. The average molecular weight is 1290 g/mol. The van der Waals surface area contributed by atoms with Crippen LogP contribution >= 0.6 is 0 Å². The van der Waals surface area contributed by atoms with Crippen molar-refractivity contribution in [3.63, 3.8) is 0 Å². The maximum Gasteiger partial charge on any atom is 0.336 e. The molecule has 0 saturated carbocycles. The fourth-order valence-corrected chi connectivity index (χ4v) is 11.5. The van der Waals surface area contributed by atoms with Gasteiger partial charge in [0.1, 0.15) is 31.8 Å². The Labute approximate surface area is 553 Å². The number of rotatable bonds is 24. The summed E-state index contributed by atoms with van der Waals surface area (Å²) >= 11 is 0. The lowest BCUT2D eigenvalue weighted by Crippen LogP contribution is -2.44. The molecule has 0 aliphatic carbocycles. The van der Waals surface area contributed by atoms with Crippen molar-refractivity contribution in [3.8, 4) is 0 Å². The van der Waals surface area contributed by atoms with Gasteiger partial charge in [-0.05, 0) is 136 Å². The number of carbonyl (C=O) groups excluding carboxylic acids is 4. The third-order valence-corrected chi connectivity index (χ3v) is 16.7. The Morgan fingerprint density at radius 2 is 0.387 bits per heavy atom. The van der Waals surface area contributed by atoms with Crippen LogP contribution in [0.4, 0.5) is 0 Å².